The van der Waals surface area contributed by atoms with Crippen molar-refractivity contribution in [3.8, 4) is 0 Å². The normalized spacial score (nSPS) is 12.4. The van der Waals surface area contributed by atoms with Crippen molar-refractivity contribution in [1.82, 2.24) is 10.3 Å². The fraction of sp³-hybridized carbons (Fsp3) is 0.312. The van der Waals surface area contributed by atoms with E-state index in [9.17, 15) is 4.39 Å². The molecular formula is C16H18BrFN2S. The Hall–Kier alpha value is -0.910. The lowest BCUT2D eigenvalue weighted by Crippen LogP contribution is -2.19. The second kappa shape index (κ2) is 7.92. The zero-order valence-electron chi connectivity index (χ0n) is 12.1. The van der Waals surface area contributed by atoms with Crippen molar-refractivity contribution in [3.63, 3.8) is 0 Å². The van der Waals surface area contributed by atoms with E-state index >= 15 is 0 Å². The molecule has 112 valence electrons. The summed E-state index contributed by atoms with van der Waals surface area (Å²) in [6.07, 6.45) is 2.77. The van der Waals surface area contributed by atoms with Gasteiger partial charge in [0.25, 0.3) is 0 Å². The Balaban J connectivity index is 2.14. The number of benzene rings is 1. The number of hydrogen-bond acceptors (Lipinski definition) is 3. The van der Waals surface area contributed by atoms with Gasteiger partial charge in [-0.2, -0.15) is 0 Å². The summed E-state index contributed by atoms with van der Waals surface area (Å²) in [5, 5.41) is 4.13. The molecule has 1 atom stereocenters. The van der Waals surface area contributed by atoms with E-state index in [4.69, 9.17) is 0 Å². The maximum Gasteiger partial charge on any atom is 0.137 e. The number of pyridine rings is 1. The van der Waals surface area contributed by atoms with E-state index in [0.717, 1.165) is 28.0 Å². The van der Waals surface area contributed by atoms with E-state index in [1.807, 2.05) is 31.2 Å². The van der Waals surface area contributed by atoms with Gasteiger partial charge in [0, 0.05) is 17.1 Å². The molecule has 0 amide bonds. The predicted octanol–water partition coefficient (Wildman–Crippen LogP) is 5.20. The van der Waals surface area contributed by atoms with Crippen molar-refractivity contribution in [2.24, 2.45) is 0 Å². The van der Waals surface area contributed by atoms with Gasteiger partial charge in [0.05, 0.1) is 4.47 Å². The molecule has 1 N–H and O–H groups in total. The Labute approximate surface area is 137 Å². The Kier molecular flexibility index (Phi) is 6.21. The lowest BCUT2D eigenvalue weighted by atomic mass is 10.1. The molecule has 0 aliphatic carbocycles. The molecule has 0 aliphatic rings. The van der Waals surface area contributed by atoms with E-state index in [-0.39, 0.29) is 11.9 Å². The molecule has 0 spiro atoms. The van der Waals surface area contributed by atoms with Crippen LogP contribution in [0, 0.1) is 5.82 Å². The predicted molar refractivity (Wildman–Crippen MR) is 89.2 cm³/mol. The van der Waals surface area contributed by atoms with Crippen LogP contribution < -0.4 is 5.32 Å². The number of halogens is 2. The Bertz CT molecular complexity index is 607. The van der Waals surface area contributed by atoms with Gasteiger partial charge in [-0.15, -0.1) is 0 Å². The summed E-state index contributed by atoms with van der Waals surface area (Å²) in [7, 11) is 0. The fourth-order valence-corrected chi connectivity index (χ4v) is 3.18. The standard InChI is InChI=1S/C16H18BrFN2S/c1-3-8-19-11(2)12-6-7-15(14(18)10-12)21-16-13(17)5-4-9-20-16/h4-7,9-11,19H,3,8H2,1-2H3. The molecule has 1 aromatic heterocycles. The van der Waals surface area contributed by atoms with Crippen molar-refractivity contribution >= 4 is 27.7 Å². The number of aromatic nitrogens is 1. The zero-order chi connectivity index (χ0) is 15.2. The summed E-state index contributed by atoms with van der Waals surface area (Å²) in [4.78, 5) is 4.83. The lowest BCUT2D eigenvalue weighted by molar-refractivity contribution is 0.556. The lowest BCUT2D eigenvalue weighted by Gasteiger charge is -2.14. The molecule has 0 aliphatic heterocycles. The van der Waals surface area contributed by atoms with Crippen molar-refractivity contribution in [2.75, 3.05) is 6.54 Å². The third kappa shape index (κ3) is 4.53. The second-order valence-electron chi connectivity index (χ2n) is 4.76. The molecule has 1 heterocycles. The summed E-state index contributed by atoms with van der Waals surface area (Å²) in [6.45, 7) is 5.09. The van der Waals surface area contributed by atoms with Crippen LogP contribution in [-0.2, 0) is 0 Å². The molecule has 5 heteroatoms. The summed E-state index contributed by atoms with van der Waals surface area (Å²) < 4.78 is 15.1. The van der Waals surface area contributed by atoms with Gasteiger partial charge in [-0.1, -0.05) is 24.8 Å². The smallest absolute Gasteiger partial charge is 0.137 e. The fourth-order valence-electron chi connectivity index (χ4n) is 1.90. The second-order valence-corrected chi connectivity index (χ2v) is 6.64. The molecule has 2 aromatic rings. The van der Waals surface area contributed by atoms with Crippen molar-refractivity contribution in [3.05, 3.63) is 52.4 Å². The van der Waals surface area contributed by atoms with Crippen LogP contribution in [0.25, 0.3) is 0 Å². The molecule has 0 bridgehead atoms. The molecule has 21 heavy (non-hydrogen) atoms. The monoisotopic (exact) mass is 368 g/mol. The number of nitrogens with one attached hydrogen (secondary N) is 1. The molecule has 0 saturated carbocycles. The number of nitrogens with zero attached hydrogens (tertiary/aromatic N) is 1. The largest absolute Gasteiger partial charge is 0.310 e. The van der Waals surface area contributed by atoms with E-state index < -0.39 is 0 Å². The van der Waals surface area contributed by atoms with Crippen LogP contribution in [-0.4, -0.2) is 11.5 Å². The Morgan fingerprint density at radius 3 is 2.86 bits per heavy atom. The van der Waals surface area contributed by atoms with Crippen molar-refractivity contribution in [1.29, 1.82) is 0 Å². The highest BCUT2D eigenvalue weighted by Gasteiger charge is 2.11. The maximum atomic E-state index is 14.3. The first-order valence-electron chi connectivity index (χ1n) is 6.93. The van der Waals surface area contributed by atoms with Crippen LogP contribution in [0.2, 0.25) is 0 Å². The van der Waals surface area contributed by atoms with Crippen LogP contribution in [0.1, 0.15) is 31.9 Å². The molecule has 0 fully saturated rings. The van der Waals surface area contributed by atoms with Gasteiger partial charge in [0.15, 0.2) is 0 Å². The van der Waals surface area contributed by atoms with Crippen molar-refractivity contribution in [2.45, 2.75) is 36.2 Å². The van der Waals surface area contributed by atoms with Crippen LogP contribution in [0.5, 0.6) is 0 Å². The molecule has 1 unspecified atom stereocenters. The zero-order valence-corrected chi connectivity index (χ0v) is 14.5. The van der Waals surface area contributed by atoms with Gasteiger partial charge in [-0.3, -0.25) is 0 Å². The molecule has 2 nitrogen and oxygen atoms in total. The van der Waals surface area contributed by atoms with Gasteiger partial charge < -0.3 is 5.32 Å². The highest BCUT2D eigenvalue weighted by molar-refractivity contribution is 9.10. The van der Waals surface area contributed by atoms with E-state index in [1.54, 1.807) is 12.3 Å². The molecular weight excluding hydrogens is 351 g/mol. The van der Waals surface area contributed by atoms with Crippen molar-refractivity contribution < 1.29 is 4.39 Å². The number of hydrogen-bond donors (Lipinski definition) is 1. The first-order chi connectivity index (χ1) is 10.1. The van der Waals surface area contributed by atoms with Crippen LogP contribution in [0.15, 0.2) is 50.9 Å². The minimum atomic E-state index is -0.208. The molecule has 1 aromatic carbocycles. The minimum absolute atomic E-state index is 0.153. The summed E-state index contributed by atoms with van der Waals surface area (Å²) in [5.74, 6) is -0.208. The van der Waals surface area contributed by atoms with E-state index in [0.29, 0.717) is 4.90 Å². The van der Waals surface area contributed by atoms with Gasteiger partial charge in [0.2, 0.25) is 0 Å². The summed E-state index contributed by atoms with van der Waals surface area (Å²) in [6, 6.07) is 9.29. The quantitative estimate of drug-likeness (QED) is 0.758. The Morgan fingerprint density at radius 2 is 2.19 bits per heavy atom. The van der Waals surface area contributed by atoms with Crippen LogP contribution in [0.3, 0.4) is 0 Å². The van der Waals surface area contributed by atoms with Gasteiger partial charge in [0.1, 0.15) is 10.8 Å². The average molecular weight is 369 g/mol. The SMILES string of the molecule is CCCNC(C)c1ccc(Sc2ncccc2Br)c(F)c1. The highest BCUT2D eigenvalue weighted by atomic mass is 79.9. The van der Waals surface area contributed by atoms with E-state index in [2.05, 4.69) is 33.2 Å². The highest BCUT2D eigenvalue weighted by Crippen LogP contribution is 2.33. The van der Waals surface area contributed by atoms with Crippen LogP contribution >= 0.6 is 27.7 Å². The van der Waals surface area contributed by atoms with Crippen LogP contribution in [0.4, 0.5) is 4.39 Å². The van der Waals surface area contributed by atoms with Gasteiger partial charge in [-0.25, -0.2) is 9.37 Å². The van der Waals surface area contributed by atoms with Gasteiger partial charge >= 0.3 is 0 Å². The topological polar surface area (TPSA) is 24.9 Å². The summed E-state index contributed by atoms with van der Waals surface area (Å²) in [5.41, 5.74) is 0.963. The third-order valence-electron chi connectivity index (χ3n) is 3.09. The molecule has 2 rings (SSSR count). The molecule has 0 saturated heterocycles. The third-order valence-corrected chi connectivity index (χ3v) is 5.06. The minimum Gasteiger partial charge on any atom is -0.310 e. The number of rotatable bonds is 6. The van der Waals surface area contributed by atoms with E-state index in [1.165, 1.54) is 11.8 Å². The first-order valence-corrected chi connectivity index (χ1v) is 8.54. The first kappa shape index (κ1) is 16.5. The maximum absolute atomic E-state index is 14.3. The average Bonchev–Trinajstić information content (AvgIpc) is 2.49. The summed E-state index contributed by atoms with van der Waals surface area (Å²) >= 11 is 4.75. The van der Waals surface area contributed by atoms with Gasteiger partial charge in [-0.05, 0) is 65.6 Å². The Morgan fingerprint density at radius 1 is 1.38 bits per heavy atom. The molecule has 0 radical (unpaired) electrons.